The van der Waals surface area contributed by atoms with Crippen LogP contribution in [0.3, 0.4) is 0 Å². The van der Waals surface area contributed by atoms with Crippen LogP contribution in [0.15, 0.2) is 30.3 Å². The highest BCUT2D eigenvalue weighted by Crippen LogP contribution is 2.21. The molecular weight excluding hydrogens is 404 g/mol. The highest BCUT2D eigenvalue weighted by Gasteiger charge is 2.23. The zero-order chi connectivity index (χ0) is 21.7. The summed E-state index contributed by atoms with van der Waals surface area (Å²) in [5.74, 6) is -0.545. The Hall–Kier alpha value is -3.04. The number of carbonyl (C=O) groups excluding carboxylic acids is 2. The molecule has 30 heavy (non-hydrogen) atoms. The quantitative estimate of drug-likeness (QED) is 0.416. The summed E-state index contributed by atoms with van der Waals surface area (Å²) in [7, 11) is 3.24. The number of hydrogen-bond acceptors (Lipinski definition) is 7. The zero-order valence-electron chi connectivity index (χ0n) is 17.4. The molecule has 0 atom stereocenters. The maximum atomic E-state index is 12.7. The first kappa shape index (κ1) is 21.7. The maximum Gasteiger partial charge on any atom is 0.298 e. The molecule has 1 amide bonds. The fourth-order valence-corrected chi connectivity index (χ4v) is 3.90. The van der Waals surface area contributed by atoms with E-state index in [-0.39, 0.29) is 0 Å². The van der Waals surface area contributed by atoms with Crippen LogP contribution >= 0.6 is 11.3 Å². The number of amides is 1. The van der Waals surface area contributed by atoms with E-state index in [1.807, 2.05) is 42.7 Å². The second-order valence-corrected chi connectivity index (χ2v) is 7.80. The molecule has 0 aliphatic carbocycles. The standard InChI is InChI=1S/C21H24N4O4S/c1-13-11-17(14(2)25(13)9-10-28-3)19(26)20(27)22-21-24-23-18(30-21)12-15-5-7-16(29-4)8-6-15/h5-8,11H,9-10,12H2,1-4H3,(H,22,24,27). The molecule has 0 saturated carbocycles. The lowest BCUT2D eigenvalue weighted by Gasteiger charge is -2.08. The predicted molar refractivity (Wildman–Crippen MR) is 114 cm³/mol. The van der Waals surface area contributed by atoms with E-state index >= 15 is 0 Å². The van der Waals surface area contributed by atoms with Crippen molar-refractivity contribution >= 4 is 28.2 Å². The van der Waals surface area contributed by atoms with Crippen molar-refractivity contribution in [3.63, 3.8) is 0 Å². The number of ketones is 1. The summed E-state index contributed by atoms with van der Waals surface area (Å²) in [6.45, 7) is 4.86. The molecule has 0 spiro atoms. The second-order valence-electron chi connectivity index (χ2n) is 6.74. The van der Waals surface area contributed by atoms with Crippen molar-refractivity contribution in [3.05, 3.63) is 57.9 Å². The SMILES string of the molecule is COCCn1c(C)cc(C(=O)C(=O)Nc2nnc(Cc3ccc(OC)cc3)s2)c1C. The third-order valence-electron chi connectivity index (χ3n) is 4.75. The molecule has 0 saturated heterocycles. The first-order chi connectivity index (χ1) is 14.4. The second kappa shape index (κ2) is 9.64. The van der Waals surface area contributed by atoms with Crippen molar-refractivity contribution < 1.29 is 19.1 Å². The highest BCUT2D eigenvalue weighted by molar-refractivity contribution is 7.15. The number of rotatable bonds is 9. The number of methoxy groups -OCH3 is 2. The van der Waals surface area contributed by atoms with Gasteiger partial charge in [-0.25, -0.2) is 0 Å². The van der Waals surface area contributed by atoms with Gasteiger partial charge in [0.05, 0.1) is 13.7 Å². The third kappa shape index (κ3) is 4.92. The van der Waals surface area contributed by atoms with Crippen molar-refractivity contribution in [2.75, 3.05) is 26.1 Å². The van der Waals surface area contributed by atoms with Gasteiger partial charge in [0.25, 0.3) is 11.7 Å². The minimum absolute atomic E-state index is 0.296. The number of anilines is 1. The van der Waals surface area contributed by atoms with E-state index in [1.54, 1.807) is 20.3 Å². The van der Waals surface area contributed by atoms with Crippen LogP contribution in [0.2, 0.25) is 0 Å². The number of nitrogens with zero attached hydrogens (tertiary/aromatic N) is 3. The van der Waals surface area contributed by atoms with Gasteiger partial charge in [-0.3, -0.25) is 14.9 Å². The number of aryl methyl sites for hydroxylation is 1. The summed E-state index contributed by atoms with van der Waals surface area (Å²) in [5, 5.41) is 11.7. The van der Waals surface area contributed by atoms with Gasteiger partial charge in [-0.1, -0.05) is 23.5 Å². The molecule has 0 radical (unpaired) electrons. The number of carbonyl (C=O) groups is 2. The average Bonchev–Trinajstić information content (AvgIpc) is 3.29. The monoisotopic (exact) mass is 428 g/mol. The van der Waals surface area contributed by atoms with Gasteiger partial charge < -0.3 is 14.0 Å². The average molecular weight is 429 g/mol. The molecule has 158 valence electrons. The lowest BCUT2D eigenvalue weighted by molar-refractivity contribution is -0.112. The number of Topliss-reactive ketones (excluding diaryl/α,β-unsaturated/α-hetero) is 1. The van der Waals surface area contributed by atoms with E-state index in [1.165, 1.54) is 11.3 Å². The first-order valence-electron chi connectivity index (χ1n) is 9.39. The molecule has 0 unspecified atom stereocenters. The molecule has 3 aromatic rings. The topological polar surface area (TPSA) is 95.3 Å². The van der Waals surface area contributed by atoms with Crippen LogP contribution in [0.1, 0.15) is 32.3 Å². The molecule has 2 heterocycles. The Morgan fingerprint density at radius 3 is 2.53 bits per heavy atom. The summed E-state index contributed by atoms with van der Waals surface area (Å²) in [5.41, 5.74) is 3.06. The van der Waals surface area contributed by atoms with Crippen LogP contribution < -0.4 is 10.1 Å². The summed E-state index contributed by atoms with van der Waals surface area (Å²) < 4.78 is 12.2. The van der Waals surface area contributed by atoms with E-state index in [0.717, 1.165) is 27.7 Å². The molecule has 9 heteroatoms. The summed E-state index contributed by atoms with van der Waals surface area (Å²) in [6, 6.07) is 9.37. The Kier molecular flexibility index (Phi) is 6.96. The Balaban J connectivity index is 1.65. The van der Waals surface area contributed by atoms with Gasteiger partial charge in [-0.15, -0.1) is 10.2 Å². The molecular formula is C21H24N4O4S. The van der Waals surface area contributed by atoms with E-state index < -0.39 is 11.7 Å². The molecule has 0 bridgehead atoms. The molecule has 2 aromatic heterocycles. The van der Waals surface area contributed by atoms with Crippen LogP contribution in [-0.4, -0.2) is 47.3 Å². The Bertz CT molecular complexity index is 1040. The van der Waals surface area contributed by atoms with Crippen LogP contribution in [0.4, 0.5) is 5.13 Å². The molecule has 8 nitrogen and oxygen atoms in total. The van der Waals surface area contributed by atoms with Crippen molar-refractivity contribution in [1.29, 1.82) is 0 Å². The fraction of sp³-hybridized carbons (Fsp3) is 0.333. The van der Waals surface area contributed by atoms with Crippen LogP contribution in [0, 0.1) is 13.8 Å². The molecule has 0 aliphatic heterocycles. The number of nitrogens with one attached hydrogen (secondary N) is 1. The normalized spacial score (nSPS) is 10.8. The van der Waals surface area contributed by atoms with E-state index in [4.69, 9.17) is 9.47 Å². The fourth-order valence-electron chi connectivity index (χ4n) is 3.13. The molecule has 1 N–H and O–H groups in total. The van der Waals surface area contributed by atoms with E-state index in [9.17, 15) is 9.59 Å². The summed E-state index contributed by atoms with van der Waals surface area (Å²) in [6.07, 6.45) is 0.576. The maximum absolute atomic E-state index is 12.7. The smallest absolute Gasteiger partial charge is 0.298 e. The van der Waals surface area contributed by atoms with Gasteiger partial charge in [0.15, 0.2) is 0 Å². The minimum Gasteiger partial charge on any atom is -0.497 e. The largest absolute Gasteiger partial charge is 0.497 e. The Labute approximate surface area is 178 Å². The summed E-state index contributed by atoms with van der Waals surface area (Å²) in [4.78, 5) is 25.1. The third-order valence-corrected chi connectivity index (χ3v) is 5.58. The lowest BCUT2D eigenvalue weighted by atomic mass is 10.1. The number of benzene rings is 1. The zero-order valence-corrected chi connectivity index (χ0v) is 18.2. The van der Waals surface area contributed by atoms with Gasteiger partial charge in [-0.2, -0.15) is 0 Å². The molecule has 1 aromatic carbocycles. The van der Waals surface area contributed by atoms with Gasteiger partial charge >= 0.3 is 0 Å². The van der Waals surface area contributed by atoms with E-state index in [0.29, 0.717) is 30.3 Å². The summed E-state index contributed by atoms with van der Waals surface area (Å²) >= 11 is 1.24. The minimum atomic E-state index is -0.728. The van der Waals surface area contributed by atoms with Crippen molar-refractivity contribution in [3.8, 4) is 5.75 Å². The number of hydrogen-bond donors (Lipinski definition) is 1. The van der Waals surface area contributed by atoms with Gasteiger partial charge in [-0.05, 0) is 37.6 Å². The number of ether oxygens (including phenoxy) is 2. The van der Waals surface area contributed by atoms with Crippen molar-refractivity contribution in [2.24, 2.45) is 0 Å². The van der Waals surface area contributed by atoms with Crippen LogP contribution in [0.25, 0.3) is 0 Å². The Morgan fingerprint density at radius 2 is 1.87 bits per heavy atom. The molecule has 3 rings (SSSR count). The predicted octanol–water partition coefficient (Wildman–Crippen LogP) is 3.02. The van der Waals surface area contributed by atoms with Crippen LogP contribution in [-0.2, 0) is 22.5 Å². The molecule has 0 aliphatic rings. The van der Waals surface area contributed by atoms with E-state index in [2.05, 4.69) is 15.5 Å². The van der Waals surface area contributed by atoms with Gasteiger partial charge in [0, 0.05) is 37.0 Å². The van der Waals surface area contributed by atoms with Crippen molar-refractivity contribution in [2.45, 2.75) is 26.8 Å². The van der Waals surface area contributed by atoms with Crippen LogP contribution in [0.5, 0.6) is 5.75 Å². The highest BCUT2D eigenvalue weighted by atomic mass is 32.1. The Morgan fingerprint density at radius 1 is 1.13 bits per heavy atom. The molecule has 0 fully saturated rings. The van der Waals surface area contributed by atoms with Crippen molar-refractivity contribution in [1.82, 2.24) is 14.8 Å². The van der Waals surface area contributed by atoms with Gasteiger partial charge in [0.2, 0.25) is 5.13 Å². The first-order valence-corrected chi connectivity index (χ1v) is 10.2. The van der Waals surface area contributed by atoms with Gasteiger partial charge in [0.1, 0.15) is 10.8 Å². The lowest BCUT2D eigenvalue weighted by Crippen LogP contribution is -2.23. The number of aromatic nitrogens is 3.